The third-order valence-electron chi connectivity index (χ3n) is 4.22. The van der Waals surface area contributed by atoms with E-state index in [1.54, 1.807) is 7.11 Å². The molecule has 5 heteroatoms. The summed E-state index contributed by atoms with van der Waals surface area (Å²) in [6.45, 7) is 5.98. The number of likely N-dealkylation sites (N-methyl/N-ethyl adjacent to an activating group) is 1. The lowest BCUT2D eigenvalue weighted by Gasteiger charge is -2.41. The molecule has 2 unspecified atom stereocenters. The van der Waals surface area contributed by atoms with E-state index in [-0.39, 0.29) is 6.04 Å². The van der Waals surface area contributed by atoms with Gasteiger partial charge in [0, 0.05) is 38.3 Å². The van der Waals surface area contributed by atoms with Gasteiger partial charge in [-0.1, -0.05) is 17.7 Å². The molecule has 1 aromatic rings. The Hall–Kier alpha value is -0.810. The second kappa shape index (κ2) is 6.76. The molecule has 0 spiro atoms. The van der Waals surface area contributed by atoms with Crippen LogP contribution in [0.25, 0.3) is 0 Å². The van der Waals surface area contributed by atoms with E-state index in [9.17, 15) is 0 Å². The summed E-state index contributed by atoms with van der Waals surface area (Å²) in [6, 6.07) is 6.72. The van der Waals surface area contributed by atoms with Gasteiger partial charge in [0.1, 0.15) is 5.75 Å². The summed E-state index contributed by atoms with van der Waals surface area (Å²) in [5.74, 6) is 0.706. The second-order valence-electron chi connectivity index (χ2n) is 5.47. The van der Waals surface area contributed by atoms with E-state index < -0.39 is 0 Å². The fourth-order valence-electron chi connectivity index (χ4n) is 2.75. The number of hydrogen-bond acceptors (Lipinski definition) is 4. The topological polar surface area (TPSA) is 41.7 Å². The molecule has 112 valence electrons. The molecule has 1 fully saturated rings. The zero-order valence-corrected chi connectivity index (χ0v) is 13.2. The maximum Gasteiger partial charge on any atom is 0.137 e. The van der Waals surface area contributed by atoms with E-state index in [4.69, 9.17) is 22.1 Å². The highest BCUT2D eigenvalue weighted by molar-refractivity contribution is 6.32. The van der Waals surface area contributed by atoms with Crippen LogP contribution in [0.4, 0.5) is 0 Å². The number of ether oxygens (including phenoxy) is 1. The van der Waals surface area contributed by atoms with Crippen molar-refractivity contribution in [3.05, 3.63) is 28.8 Å². The van der Waals surface area contributed by atoms with Gasteiger partial charge in [-0.25, -0.2) is 0 Å². The second-order valence-corrected chi connectivity index (χ2v) is 5.88. The molecular weight excluding hydrogens is 274 g/mol. The summed E-state index contributed by atoms with van der Waals surface area (Å²) in [4.78, 5) is 4.83. The van der Waals surface area contributed by atoms with Crippen LogP contribution in [0.3, 0.4) is 0 Å². The molecule has 2 rings (SSSR count). The predicted molar refractivity (Wildman–Crippen MR) is 83.5 cm³/mol. The Kier molecular flexibility index (Phi) is 5.27. The van der Waals surface area contributed by atoms with Gasteiger partial charge in [0.15, 0.2) is 0 Å². The SMILES string of the molecule is COc1ccc(C(CN)N2CCN(C)C(C)C2)cc1Cl. The van der Waals surface area contributed by atoms with Crippen molar-refractivity contribution in [1.29, 1.82) is 0 Å². The molecule has 1 saturated heterocycles. The Morgan fingerprint density at radius 1 is 1.45 bits per heavy atom. The minimum Gasteiger partial charge on any atom is -0.495 e. The molecule has 0 radical (unpaired) electrons. The number of rotatable bonds is 4. The molecule has 1 heterocycles. The normalized spacial score (nSPS) is 22.8. The average molecular weight is 298 g/mol. The summed E-state index contributed by atoms with van der Waals surface area (Å²) < 4.78 is 5.21. The molecule has 20 heavy (non-hydrogen) atoms. The molecule has 0 amide bonds. The minimum atomic E-state index is 0.217. The Morgan fingerprint density at radius 3 is 2.75 bits per heavy atom. The quantitative estimate of drug-likeness (QED) is 0.923. The van der Waals surface area contributed by atoms with E-state index in [0.717, 1.165) is 25.2 Å². The molecule has 2 N–H and O–H groups in total. The summed E-state index contributed by atoms with van der Waals surface area (Å²) in [6.07, 6.45) is 0. The molecule has 0 aromatic heterocycles. The van der Waals surface area contributed by atoms with Crippen LogP contribution in [0.5, 0.6) is 5.75 Å². The van der Waals surface area contributed by atoms with Gasteiger partial charge in [0.05, 0.1) is 12.1 Å². The highest BCUT2D eigenvalue weighted by Gasteiger charge is 2.27. The molecule has 0 bridgehead atoms. The van der Waals surface area contributed by atoms with Crippen molar-refractivity contribution in [3.8, 4) is 5.75 Å². The fourth-order valence-corrected chi connectivity index (χ4v) is 3.01. The monoisotopic (exact) mass is 297 g/mol. The molecule has 0 aliphatic carbocycles. The van der Waals surface area contributed by atoms with Gasteiger partial charge in [-0.2, -0.15) is 0 Å². The smallest absolute Gasteiger partial charge is 0.137 e. The number of nitrogens with zero attached hydrogens (tertiary/aromatic N) is 2. The summed E-state index contributed by atoms with van der Waals surface area (Å²) >= 11 is 6.23. The Labute approximate surface area is 126 Å². The first kappa shape index (κ1) is 15.6. The van der Waals surface area contributed by atoms with Gasteiger partial charge >= 0.3 is 0 Å². The van der Waals surface area contributed by atoms with Gasteiger partial charge in [-0.3, -0.25) is 4.90 Å². The summed E-state index contributed by atoms with van der Waals surface area (Å²) in [5.41, 5.74) is 7.17. The van der Waals surface area contributed by atoms with Gasteiger partial charge in [-0.05, 0) is 31.7 Å². The first-order valence-corrected chi connectivity index (χ1v) is 7.42. The van der Waals surface area contributed by atoms with Crippen molar-refractivity contribution in [3.63, 3.8) is 0 Å². The Bertz CT molecular complexity index is 455. The number of piperazine rings is 1. The van der Waals surface area contributed by atoms with Crippen LogP contribution in [0.15, 0.2) is 18.2 Å². The van der Waals surface area contributed by atoms with E-state index in [1.807, 2.05) is 12.1 Å². The van der Waals surface area contributed by atoms with Crippen LogP contribution in [0, 0.1) is 0 Å². The minimum absolute atomic E-state index is 0.217. The van der Waals surface area contributed by atoms with E-state index >= 15 is 0 Å². The zero-order chi connectivity index (χ0) is 14.7. The molecular formula is C15H24ClN3O. The molecule has 1 aliphatic rings. The first-order chi connectivity index (χ1) is 9.56. The standard InChI is InChI=1S/C15H24ClN3O/c1-11-10-19(7-6-18(11)2)14(9-17)12-4-5-15(20-3)13(16)8-12/h4-5,8,11,14H,6-7,9-10,17H2,1-3H3. The Morgan fingerprint density at radius 2 is 2.20 bits per heavy atom. The maximum atomic E-state index is 6.23. The lowest BCUT2D eigenvalue weighted by atomic mass is 10.0. The van der Waals surface area contributed by atoms with Crippen LogP contribution in [-0.2, 0) is 0 Å². The van der Waals surface area contributed by atoms with Crippen LogP contribution >= 0.6 is 11.6 Å². The van der Waals surface area contributed by atoms with Crippen LogP contribution in [0.2, 0.25) is 5.02 Å². The van der Waals surface area contributed by atoms with E-state index in [1.165, 1.54) is 0 Å². The zero-order valence-electron chi connectivity index (χ0n) is 12.5. The predicted octanol–water partition coefficient (Wildman–Crippen LogP) is 1.98. The van der Waals surface area contributed by atoms with Gasteiger partial charge < -0.3 is 15.4 Å². The van der Waals surface area contributed by atoms with Gasteiger partial charge in [0.25, 0.3) is 0 Å². The van der Waals surface area contributed by atoms with Crippen molar-refractivity contribution in [2.45, 2.75) is 19.0 Å². The summed E-state index contributed by atoms with van der Waals surface area (Å²) in [5, 5.41) is 0.644. The van der Waals surface area contributed by atoms with E-state index in [2.05, 4.69) is 29.8 Å². The number of benzene rings is 1. The van der Waals surface area contributed by atoms with Gasteiger partial charge in [-0.15, -0.1) is 0 Å². The first-order valence-electron chi connectivity index (χ1n) is 7.04. The van der Waals surface area contributed by atoms with Crippen molar-refractivity contribution in [2.24, 2.45) is 5.73 Å². The van der Waals surface area contributed by atoms with Crippen molar-refractivity contribution in [2.75, 3.05) is 40.3 Å². The van der Waals surface area contributed by atoms with Crippen LogP contribution in [-0.4, -0.2) is 56.2 Å². The molecule has 4 nitrogen and oxygen atoms in total. The van der Waals surface area contributed by atoms with Gasteiger partial charge in [0.2, 0.25) is 0 Å². The molecule has 1 aromatic carbocycles. The van der Waals surface area contributed by atoms with Crippen molar-refractivity contribution in [1.82, 2.24) is 9.80 Å². The van der Waals surface area contributed by atoms with Crippen molar-refractivity contribution >= 4 is 11.6 Å². The average Bonchev–Trinajstić information content (AvgIpc) is 2.44. The van der Waals surface area contributed by atoms with Crippen LogP contribution < -0.4 is 10.5 Å². The third kappa shape index (κ3) is 3.26. The molecule has 0 saturated carbocycles. The number of hydrogen-bond donors (Lipinski definition) is 1. The third-order valence-corrected chi connectivity index (χ3v) is 4.51. The number of nitrogens with two attached hydrogens (primary N) is 1. The Balaban J connectivity index is 2.17. The number of methoxy groups -OCH3 is 1. The maximum absolute atomic E-state index is 6.23. The highest BCUT2D eigenvalue weighted by Crippen LogP contribution is 2.30. The number of halogens is 1. The summed E-state index contributed by atoms with van der Waals surface area (Å²) in [7, 11) is 3.80. The lowest BCUT2D eigenvalue weighted by molar-refractivity contribution is 0.0741. The highest BCUT2D eigenvalue weighted by atomic mass is 35.5. The molecule has 2 atom stereocenters. The van der Waals surface area contributed by atoms with Crippen molar-refractivity contribution < 1.29 is 4.74 Å². The van der Waals surface area contributed by atoms with Crippen LogP contribution in [0.1, 0.15) is 18.5 Å². The molecule has 1 aliphatic heterocycles. The lowest BCUT2D eigenvalue weighted by Crippen LogP contribution is -2.52. The van der Waals surface area contributed by atoms with E-state index in [0.29, 0.717) is 23.4 Å². The largest absolute Gasteiger partial charge is 0.495 e. The fraction of sp³-hybridized carbons (Fsp3) is 0.600.